The summed E-state index contributed by atoms with van der Waals surface area (Å²) >= 11 is 0. The second-order valence-corrected chi connectivity index (χ2v) is 4.29. The van der Waals surface area contributed by atoms with Crippen molar-refractivity contribution in [1.29, 1.82) is 0 Å². The van der Waals surface area contributed by atoms with Crippen molar-refractivity contribution in [3.63, 3.8) is 0 Å². The Morgan fingerprint density at radius 3 is 2.85 bits per heavy atom. The maximum Gasteiger partial charge on any atom is 0.191 e. The molecule has 0 amide bonds. The van der Waals surface area contributed by atoms with E-state index >= 15 is 0 Å². The molecule has 1 atom stereocenters. The molecule has 108 valence electrons. The van der Waals surface area contributed by atoms with Crippen molar-refractivity contribution in [3.05, 3.63) is 29.6 Å². The van der Waals surface area contributed by atoms with Crippen molar-refractivity contribution in [1.82, 2.24) is 25.9 Å². The molecule has 0 aliphatic heterocycles. The summed E-state index contributed by atoms with van der Waals surface area (Å²) in [6.07, 6.45) is 0. The molecule has 0 saturated carbocycles. The average Bonchev–Trinajstić information content (AvgIpc) is 2.99. The van der Waals surface area contributed by atoms with Gasteiger partial charge in [0.2, 0.25) is 0 Å². The van der Waals surface area contributed by atoms with Gasteiger partial charge in [-0.1, -0.05) is 11.3 Å². The lowest BCUT2D eigenvalue weighted by molar-refractivity contribution is 0.310. The number of hydrogen-bond acceptors (Lipinski definition) is 6. The summed E-state index contributed by atoms with van der Waals surface area (Å²) in [6, 6.07) is 5.89. The Kier molecular flexibility index (Phi) is 4.89. The molecule has 1 unspecified atom stereocenters. The van der Waals surface area contributed by atoms with Gasteiger partial charge in [0.25, 0.3) is 0 Å². The number of hydrogen-bond donors (Lipinski definition) is 2. The van der Waals surface area contributed by atoms with Crippen LogP contribution in [0.4, 0.5) is 0 Å². The van der Waals surface area contributed by atoms with Crippen molar-refractivity contribution in [3.8, 4) is 11.5 Å². The normalized spacial score (nSPS) is 12.2. The topological polar surface area (TPSA) is 85.0 Å². The largest absolute Gasteiger partial charge is 0.493 e. The quantitative estimate of drug-likeness (QED) is 0.797. The zero-order chi connectivity index (χ0) is 14.4. The maximum absolute atomic E-state index is 5.56. The summed E-state index contributed by atoms with van der Waals surface area (Å²) in [5, 5.41) is 17.2. The van der Waals surface area contributed by atoms with Crippen LogP contribution >= 0.6 is 0 Å². The molecule has 0 aliphatic rings. The van der Waals surface area contributed by atoms with Crippen molar-refractivity contribution in [2.45, 2.75) is 26.4 Å². The van der Waals surface area contributed by atoms with Crippen LogP contribution in [-0.4, -0.2) is 34.3 Å². The van der Waals surface area contributed by atoms with E-state index in [1.165, 1.54) is 0 Å². The van der Waals surface area contributed by atoms with Gasteiger partial charge in [-0.3, -0.25) is 0 Å². The molecule has 7 heteroatoms. The number of aromatic amines is 1. The summed E-state index contributed by atoms with van der Waals surface area (Å²) in [6.45, 7) is 5.22. The van der Waals surface area contributed by atoms with Crippen LogP contribution in [0.25, 0.3) is 0 Å². The highest BCUT2D eigenvalue weighted by molar-refractivity contribution is 5.42. The Morgan fingerprint density at radius 2 is 2.20 bits per heavy atom. The Labute approximate surface area is 117 Å². The van der Waals surface area contributed by atoms with Gasteiger partial charge in [-0.15, -0.1) is 10.2 Å². The minimum Gasteiger partial charge on any atom is -0.493 e. The van der Waals surface area contributed by atoms with Crippen molar-refractivity contribution in [2.24, 2.45) is 0 Å². The van der Waals surface area contributed by atoms with E-state index < -0.39 is 0 Å². The molecule has 1 heterocycles. The van der Waals surface area contributed by atoms with Crippen LogP contribution in [0.1, 0.15) is 31.3 Å². The number of nitrogens with zero attached hydrogens (tertiary/aromatic N) is 3. The number of tetrazole rings is 1. The summed E-state index contributed by atoms with van der Waals surface area (Å²) in [5.74, 6) is 2.13. The van der Waals surface area contributed by atoms with E-state index in [0.29, 0.717) is 19.0 Å². The lowest BCUT2D eigenvalue weighted by Gasteiger charge is -2.13. The van der Waals surface area contributed by atoms with Gasteiger partial charge in [0.1, 0.15) is 0 Å². The van der Waals surface area contributed by atoms with Gasteiger partial charge in [-0.2, -0.15) is 5.21 Å². The number of aromatic nitrogens is 4. The average molecular weight is 277 g/mol. The molecule has 2 aromatic rings. The molecular formula is C13H19N5O2. The molecule has 0 spiro atoms. The highest BCUT2D eigenvalue weighted by Gasteiger charge is 2.10. The fourth-order valence-corrected chi connectivity index (χ4v) is 1.81. The molecule has 7 nitrogen and oxygen atoms in total. The van der Waals surface area contributed by atoms with Crippen LogP contribution in [0.3, 0.4) is 0 Å². The lowest BCUT2D eigenvalue weighted by atomic mass is 10.2. The second kappa shape index (κ2) is 6.85. The minimum atomic E-state index is 0.0198. The number of nitrogens with one attached hydrogen (secondary N) is 2. The van der Waals surface area contributed by atoms with Crippen molar-refractivity contribution >= 4 is 0 Å². The third kappa shape index (κ3) is 3.45. The summed E-state index contributed by atoms with van der Waals surface area (Å²) in [7, 11) is 1.63. The third-order valence-electron chi connectivity index (χ3n) is 2.89. The van der Waals surface area contributed by atoms with Gasteiger partial charge in [-0.25, -0.2) is 0 Å². The number of benzene rings is 1. The fraction of sp³-hybridized carbons (Fsp3) is 0.462. The van der Waals surface area contributed by atoms with E-state index in [-0.39, 0.29) is 6.04 Å². The molecule has 0 aliphatic carbocycles. The lowest BCUT2D eigenvalue weighted by Crippen LogP contribution is -2.19. The van der Waals surface area contributed by atoms with Crippen LogP contribution in [0.15, 0.2) is 18.2 Å². The number of ether oxygens (including phenoxy) is 2. The van der Waals surface area contributed by atoms with Crippen LogP contribution in [-0.2, 0) is 6.54 Å². The molecule has 0 radical (unpaired) electrons. The molecule has 1 aromatic carbocycles. The van der Waals surface area contributed by atoms with Gasteiger partial charge in [0.05, 0.1) is 19.8 Å². The molecule has 2 rings (SSSR count). The number of H-pyrrole nitrogens is 1. The van der Waals surface area contributed by atoms with Crippen molar-refractivity contribution in [2.75, 3.05) is 13.7 Å². The Balaban J connectivity index is 2.00. The van der Waals surface area contributed by atoms with E-state index in [1.54, 1.807) is 7.11 Å². The Morgan fingerprint density at radius 1 is 1.35 bits per heavy atom. The first-order valence-corrected chi connectivity index (χ1v) is 6.51. The van der Waals surface area contributed by atoms with Gasteiger partial charge in [0, 0.05) is 6.54 Å². The molecule has 0 fully saturated rings. The highest BCUT2D eigenvalue weighted by Crippen LogP contribution is 2.28. The summed E-state index contributed by atoms with van der Waals surface area (Å²) in [5.41, 5.74) is 1.10. The monoisotopic (exact) mass is 277 g/mol. The molecule has 0 saturated heterocycles. The zero-order valence-electron chi connectivity index (χ0n) is 11.9. The van der Waals surface area contributed by atoms with Gasteiger partial charge in [-0.05, 0) is 31.5 Å². The van der Waals surface area contributed by atoms with Crippen LogP contribution < -0.4 is 14.8 Å². The maximum atomic E-state index is 5.56. The minimum absolute atomic E-state index is 0.0198. The highest BCUT2D eigenvalue weighted by atomic mass is 16.5. The van der Waals surface area contributed by atoms with Crippen LogP contribution in [0.5, 0.6) is 11.5 Å². The van der Waals surface area contributed by atoms with E-state index in [0.717, 1.165) is 17.1 Å². The summed E-state index contributed by atoms with van der Waals surface area (Å²) < 4.78 is 10.8. The van der Waals surface area contributed by atoms with E-state index in [4.69, 9.17) is 9.47 Å². The van der Waals surface area contributed by atoms with Gasteiger partial charge < -0.3 is 14.8 Å². The van der Waals surface area contributed by atoms with Crippen molar-refractivity contribution < 1.29 is 9.47 Å². The first-order valence-electron chi connectivity index (χ1n) is 6.51. The predicted octanol–water partition coefficient (Wildman–Crippen LogP) is 1.46. The second-order valence-electron chi connectivity index (χ2n) is 4.29. The number of methoxy groups -OCH3 is 1. The first-order chi connectivity index (χ1) is 9.74. The smallest absolute Gasteiger partial charge is 0.191 e. The third-order valence-corrected chi connectivity index (χ3v) is 2.89. The van der Waals surface area contributed by atoms with E-state index in [9.17, 15) is 0 Å². The van der Waals surface area contributed by atoms with Crippen LogP contribution in [0, 0.1) is 0 Å². The van der Waals surface area contributed by atoms with Gasteiger partial charge in [0.15, 0.2) is 17.3 Å². The number of rotatable bonds is 7. The Hall–Kier alpha value is -2.15. The SMILES string of the molecule is CCOc1cc(CNC(C)c2nn[nH]n2)ccc1OC. The Bertz CT molecular complexity index is 530. The van der Waals surface area contributed by atoms with Crippen LogP contribution in [0.2, 0.25) is 0 Å². The molecular weight excluding hydrogens is 258 g/mol. The van der Waals surface area contributed by atoms with Gasteiger partial charge >= 0.3 is 0 Å². The first kappa shape index (κ1) is 14.3. The summed E-state index contributed by atoms with van der Waals surface area (Å²) in [4.78, 5) is 0. The molecule has 20 heavy (non-hydrogen) atoms. The van der Waals surface area contributed by atoms with E-state index in [1.807, 2.05) is 32.0 Å². The molecule has 1 aromatic heterocycles. The van der Waals surface area contributed by atoms with E-state index in [2.05, 4.69) is 25.9 Å². The molecule has 0 bridgehead atoms. The molecule has 2 N–H and O–H groups in total. The predicted molar refractivity (Wildman–Crippen MR) is 73.6 cm³/mol. The fourth-order valence-electron chi connectivity index (χ4n) is 1.81. The zero-order valence-corrected chi connectivity index (χ0v) is 11.9. The standard InChI is InChI=1S/C13H19N5O2/c1-4-20-12-7-10(5-6-11(12)19-3)8-14-9(2)13-15-17-18-16-13/h5-7,9,14H,4,8H2,1-3H3,(H,15,16,17,18).